The number of aromatic nitrogens is 4. The number of carbonyl (C=O) groups is 1. The zero-order valence-corrected chi connectivity index (χ0v) is 13.9. The Morgan fingerprint density at radius 1 is 1.12 bits per heavy atom. The fourth-order valence-electron chi connectivity index (χ4n) is 2.92. The molecule has 0 aliphatic heterocycles. The Kier molecular flexibility index (Phi) is 3.89. The molecule has 7 heteroatoms. The van der Waals surface area contributed by atoms with Crippen LogP contribution in [-0.2, 0) is 0 Å². The summed E-state index contributed by atoms with van der Waals surface area (Å²) < 4.78 is 16.5. The van der Waals surface area contributed by atoms with Crippen molar-refractivity contribution in [1.29, 1.82) is 0 Å². The van der Waals surface area contributed by atoms with Gasteiger partial charge in [0, 0.05) is 17.3 Å². The quantitative estimate of drug-likeness (QED) is 0.421. The van der Waals surface area contributed by atoms with Gasteiger partial charge in [-0.3, -0.25) is 4.79 Å². The van der Waals surface area contributed by atoms with E-state index >= 15 is 0 Å². The predicted molar refractivity (Wildman–Crippen MR) is 95.0 cm³/mol. The number of hydrogen-bond donors (Lipinski definition) is 0. The van der Waals surface area contributed by atoms with Gasteiger partial charge in [0.15, 0.2) is 0 Å². The second-order valence-corrected chi connectivity index (χ2v) is 5.77. The highest BCUT2D eigenvalue weighted by Gasteiger charge is 2.20. The summed E-state index contributed by atoms with van der Waals surface area (Å²) in [5.41, 5.74) is 3.43. The SMILES string of the molecule is Cc1c(/C=N/n2cnnc2)c2ccccn2c1C(=O)c1ccc(F)cc1. The van der Waals surface area contributed by atoms with E-state index < -0.39 is 0 Å². The average molecular weight is 347 g/mol. The summed E-state index contributed by atoms with van der Waals surface area (Å²) in [6, 6.07) is 11.2. The minimum absolute atomic E-state index is 0.173. The molecule has 0 atom stereocenters. The van der Waals surface area contributed by atoms with Crippen LogP contribution in [0.2, 0.25) is 0 Å². The van der Waals surface area contributed by atoms with Gasteiger partial charge >= 0.3 is 0 Å². The van der Waals surface area contributed by atoms with Crippen LogP contribution in [-0.4, -0.2) is 31.3 Å². The summed E-state index contributed by atoms with van der Waals surface area (Å²) in [4.78, 5) is 13.0. The van der Waals surface area contributed by atoms with E-state index in [1.54, 1.807) is 6.21 Å². The summed E-state index contributed by atoms with van der Waals surface area (Å²) in [6.07, 6.45) is 6.47. The van der Waals surface area contributed by atoms with E-state index in [2.05, 4.69) is 15.3 Å². The summed E-state index contributed by atoms with van der Waals surface area (Å²) in [6.45, 7) is 1.87. The molecule has 1 aromatic carbocycles. The Bertz CT molecular complexity index is 1110. The molecule has 3 aromatic heterocycles. The van der Waals surface area contributed by atoms with Crippen molar-refractivity contribution in [2.24, 2.45) is 5.10 Å². The van der Waals surface area contributed by atoms with Gasteiger partial charge in [-0.2, -0.15) is 5.10 Å². The Balaban J connectivity index is 1.86. The Morgan fingerprint density at radius 3 is 2.58 bits per heavy atom. The van der Waals surface area contributed by atoms with Gasteiger partial charge in [-0.1, -0.05) is 6.07 Å². The topological polar surface area (TPSA) is 64.6 Å². The van der Waals surface area contributed by atoms with Crippen LogP contribution in [0.25, 0.3) is 5.52 Å². The van der Waals surface area contributed by atoms with Crippen LogP contribution >= 0.6 is 0 Å². The van der Waals surface area contributed by atoms with Crippen molar-refractivity contribution in [2.45, 2.75) is 6.92 Å². The number of carbonyl (C=O) groups excluding carboxylic acids is 1. The molecular formula is C19H14FN5O. The Morgan fingerprint density at radius 2 is 1.85 bits per heavy atom. The number of hydrogen-bond acceptors (Lipinski definition) is 4. The highest BCUT2D eigenvalue weighted by Crippen LogP contribution is 2.24. The van der Waals surface area contributed by atoms with Crippen molar-refractivity contribution in [1.82, 2.24) is 19.3 Å². The summed E-state index contributed by atoms with van der Waals surface area (Å²) >= 11 is 0. The van der Waals surface area contributed by atoms with Gasteiger partial charge in [0.05, 0.1) is 17.4 Å². The number of halogens is 1. The van der Waals surface area contributed by atoms with Crippen LogP contribution in [0, 0.1) is 12.7 Å². The van der Waals surface area contributed by atoms with Gasteiger partial charge in [0.2, 0.25) is 5.78 Å². The van der Waals surface area contributed by atoms with Crippen LogP contribution in [0.1, 0.15) is 27.2 Å². The van der Waals surface area contributed by atoms with Crippen LogP contribution in [0.3, 0.4) is 0 Å². The van der Waals surface area contributed by atoms with Crippen molar-refractivity contribution in [3.8, 4) is 0 Å². The van der Waals surface area contributed by atoms with E-state index in [-0.39, 0.29) is 11.6 Å². The smallest absolute Gasteiger partial charge is 0.210 e. The molecule has 0 bridgehead atoms. The monoisotopic (exact) mass is 347 g/mol. The summed E-state index contributed by atoms with van der Waals surface area (Å²) in [5.74, 6) is -0.548. The first-order valence-electron chi connectivity index (χ1n) is 7.94. The lowest BCUT2D eigenvalue weighted by molar-refractivity contribution is 0.103. The van der Waals surface area contributed by atoms with E-state index in [1.807, 2.05) is 35.7 Å². The van der Waals surface area contributed by atoms with E-state index in [0.717, 1.165) is 16.6 Å². The first kappa shape index (κ1) is 15.9. The molecular weight excluding hydrogens is 333 g/mol. The number of ketones is 1. The van der Waals surface area contributed by atoms with Crippen molar-refractivity contribution >= 4 is 17.5 Å². The van der Waals surface area contributed by atoms with Crippen molar-refractivity contribution in [3.63, 3.8) is 0 Å². The molecule has 0 saturated heterocycles. The molecule has 3 heterocycles. The van der Waals surface area contributed by atoms with Crippen molar-refractivity contribution in [2.75, 3.05) is 0 Å². The van der Waals surface area contributed by atoms with E-state index in [0.29, 0.717) is 11.3 Å². The van der Waals surface area contributed by atoms with Crippen LogP contribution in [0.5, 0.6) is 0 Å². The molecule has 26 heavy (non-hydrogen) atoms. The maximum absolute atomic E-state index is 13.2. The molecule has 0 aliphatic carbocycles. The molecule has 0 radical (unpaired) electrons. The molecule has 0 aliphatic rings. The Hall–Kier alpha value is -3.61. The van der Waals surface area contributed by atoms with Gasteiger partial charge in [0.25, 0.3) is 0 Å². The second-order valence-electron chi connectivity index (χ2n) is 5.77. The van der Waals surface area contributed by atoms with Crippen molar-refractivity contribution in [3.05, 3.63) is 89.5 Å². The largest absolute Gasteiger partial charge is 0.313 e. The lowest BCUT2D eigenvalue weighted by Crippen LogP contribution is -2.07. The molecule has 0 amide bonds. The zero-order valence-electron chi connectivity index (χ0n) is 13.9. The number of rotatable bonds is 4. The molecule has 0 spiro atoms. The van der Waals surface area contributed by atoms with Crippen molar-refractivity contribution < 1.29 is 9.18 Å². The molecule has 0 fully saturated rings. The summed E-state index contributed by atoms with van der Waals surface area (Å²) in [5, 5.41) is 11.7. The zero-order chi connectivity index (χ0) is 18.1. The maximum Gasteiger partial charge on any atom is 0.210 e. The van der Waals surface area contributed by atoms with Gasteiger partial charge in [-0.15, -0.1) is 10.2 Å². The molecule has 0 saturated carbocycles. The van der Waals surface area contributed by atoms with Crippen LogP contribution < -0.4 is 0 Å². The fourth-order valence-corrected chi connectivity index (χ4v) is 2.92. The van der Waals surface area contributed by atoms with E-state index in [9.17, 15) is 9.18 Å². The van der Waals surface area contributed by atoms with Gasteiger partial charge in [-0.25, -0.2) is 9.07 Å². The van der Waals surface area contributed by atoms with E-state index in [4.69, 9.17) is 0 Å². The van der Waals surface area contributed by atoms with Gasteiger partial charge in [0.1, 0.15) is 18.5 Å². The third-order valence-electron chi connectivity index (χ3n) is 4.18. The minimum Gasteiger partial charge on any atom is -0.313 e. The fraction of sp³-hybridized carbons (Fsp3) is 0.0526. The number of benzene rings is 1. The first-order valence-corrected chi connectivity index (χ1v) is 7.94. The normalized spacial score (nSPS) is 11.5. The van der Waals surface area contributed by atoms with Crippen LogP contribution in [0.15, 0.2) is 66.4 Å². The first-order chi connectivity index (χ1) is 12.6. The molecule has 0 N–H and O–H groups in total. The van der Waals surface area contributed by atoms with Gasteiger partial charge < -0.3 is 4.40 Å². The third kappa shape index (κ3) is 2.69. The van der Waals surface area contributed by atoms with E-state index in [1.165, 1.54) is 41.6 Å². The minimum atomic E-state index is -0.375. The molecule has 4 rings (SSSR count). The number of fused-ring (bicyclic) bond motifs is 1. The lowest BCUT2D eigenvalue weighted by Gasteiger charge is -2.04. The lowest BCUT2D eigenvalue weighted by atomic mass is 10.0. The van der Waals surface area contributed by atoms with Crippen LogP contribution in [0.4, 0.5) is 4.39 Å². The molecule has 4 aromatic rings. The third-order valence-corrected chi connectivity index (χ3v) is 4.18. The highest BCUT2D eigenvalue weighted by molar-refractivity contribution is 6.11. The summed E-state index contributed by atoms with van der Waals surface area (Å²) in [7, 11) is 0. The highest BCUT2D eigenvalue weighted by atomic mass is 19.1. The molecule has 0 unspecified atom stereocenters. The predicted octanol–water partition coefficient (Wildman–Crippen LogP) is 3.09. The standard InChI is InChI=1S/C19H14FN5O/c1-13-16(10-23-24-11-21-22-12-24)17-4-2-3-9-25(17)18(13)19(26)14-5-7-15(20)8-6-14/h2-12H,1H3/b23-10+. The molecule has 128 valence electrons. The number of nitrogens with zero attached hydrogens (tertiary/aromatic N) is 5. The molecule has 6 nitrogen and oxygen atoms in total. The maximum atomic E-state index is 13.2. The van der Waals surface area contributed by atoms with Gasteiger partial charge in [-0.05, 0) is 48.9 Å². The second kappa shape index (κ2) is 6.36. The number of pyridine rings is 1. The Labute approximate surface area is 148 Å². The average Bonchev–Trinajstić information content (AvgIpc) is 3.26.